The number of fused-ring (bicyclic) bond motifs is 1. The lowest BCUT2D eigenvalue weighted by atomic mass is 10.2. The summed E-state index contributed by atoms with van der Waals surface area (Å²) >= 11 is 5.99. The summed E-state index contributed by atoms with van der Waals surface area (Å²) in [5.41, 5.74) is 1.04. The number of rotatable bonds is 6. The number of aliphatic hydroxyl groups excluding tert-OH is 2. The van der Waals surface area contributed by atoms with E-state index in [1.807, 2.05) is 0 Å². The molecule has 0 saturated carbocycles. The summed E-state index contributed by atoms with van der Waals surface area (Å²) in [6.07, 6.45) is 3.64. The molecule has 0 aliphatic heterocycles. The van der Waals surface area contributed by atoms with Gasteiger partial charge in [-0.2, -0.15) is 5.10 Å². The Labute approximate surface area is 147 Å². The Balaban J connectivity index is 1.84. The van der Waals surface area contributed by atoms with E-state index in [2.05, 4.69) is 15.4 Å². The Morgan fingerprint density at radius 1 is 1.44 bits per heavy atom. The van der Waals surface area contributed by atoms with Crippen molar-refractivity contribution >= 4 is 28.8 Å². The average Bonchev–Trinajstić information content (AvgIpc) is 3.05. The Kier molecular flexibility index (Phi) is 5.13. The highest BCUT2D eigenvalue weighted by Gasteiger charge is 2.16. The number of carbonyl (C=O) groups excluding carboxylic acids is 1. The molecule has 0 aliphatic carbocycles. The number of hydrogen-bond acceptors (Lipinski definition) is 6. The standard InChI is InChI=1S/C16H15ClN4O4/c17-10-2-3-14(25-9-11(23)8-22)13(6-10)20-16(24)12-7-19-21-5-1-4-18-15(12)21/h1-7,11,22-23H,8-9H2,(H,20,24)/t11-/m1/s1. The van der Waals surface area contributed by atoms with Gasteiger partial charge in [0.05, 0.1) is 18.5 Å². The third-order valence-corrected chi connectivity index (χ3v) is 3.59. The molecular weight excluding hydrogens is 348 g/mol. The SMILES string of the molecule is O=C(Nc1cc(Cl)ccc1OC[C@H](O)CO)c1cnn2cccnc12. The van der Waals surface area contributed by atoms with Gasteiger partial charge in [0.2, 0.25) is 0 Å². The molecule has 8 nitrogen and oxygen atoms in total. The molecule has 3 N–H and O–H groups in total. The van der Waals surface area contributed by atoms with Crippen LogP contribution in [0.15, 0.2) is 42.9 Å². The third-order valence-electron chi connectivity index (χ3n) is 3.36. The molecule has 0 unspecified atom stereocenters. The minimum Gasteiger partial charge on any atom is -0.489 e. The van der Waals surface area contributed by atoms with E-state index in [-0.39, 0.29) is 6.61 Å². The molecular formula is C16H15ClN4O4. The molecule has 2 heterocycles. The fourth-order valence-electron chi connectivity index (χ4n) is 2.14. The van der Waals surface area contributed by atoms with E-state index in [0.29, 0.717) is 27.7 Å². The quantitative estimate of drug-likeness (QED) is 0.611. The first kappa shape index (κ1) is 17.2. The van der Waals surface area contributed by atoms with Gasteiger partial charge in [-0.3, -0.25) is 4.79 Å². The summed E-state index contributed by atoms with van der Waals surface area (Å²) in [6, 6.07) is 6.39. The highest BCUT2D eigenvalue weighted by atomic mass is 35.5. The van der Waals surface area contributed by atoms with Crippen LogP contribution in [-0.2, 0) is 0 Å². The van der Waals surface area contributed by atoms with E-state index < -0.39 is 18.6 Å². The number of nitrogens with zero attached hydrogens (tertiary/aromatic N) is 3. The number of aromatic nitrogens is 3. The van der Waals surface area contributed by atoms with Crippen molar-refractivity contribution in [2.45, 2.75) is 6.10 Å². The Bertz CT molecular complexity index is 899. The van der Waals surface area contributed by atoms with Crippen molar-refractivity contribution in [2.24, 2.45) is 0 Å². The van der Waals surface area contributed by atoms with Crippen molar-refractivity contribution in [1.29, 1.82) is 0 Å². The number of ether oxygens (including phenoxy) is 1. The van der Waals surface area contributed by atoms with Gasteiger partial charge in [0.15, 0.2) is 5.65 Å². The smallest absolute Gasteiger partial charge is 0.261 e. The summed E-state index contributed by atoms with van der Waals surface area (Å²) in [6.45, 7) is -0.553. The summed E-state index contributed by atoms with van der Waals surface area (Å²) in [7, 11) is 0. The summed E-state index contributed by atoms with van der Waals surface area (Å²) < 4.78 is 6.92. The van der Waals surface area contributed by atoms with Gasteiger partial charge >= 0.3 is 0 Å². The zero-order chi connectivity index (χ0) is 17.8. The maximum atomic E-state index is 12.6. The molecule has 1 atom stereocenters. The fourth-order valence-corrected chi connectivity index (χ4v) is 2.31. The van der Waals surface area contributed by atoms with Crippen LogP contribution < -0.4 is 10.1 Å². The van der Waals surface area contributed by atoms with Crippen LogP contribution in [0.5, 0.6) is 5.75 Å². The molecule has 0 fully saturated rings. The predicted molar refractivity (Wildman–Crippen MR) is 91.0 cm³/mol. The number of hydrogen-bond donors (Lipinski definition) is 3. The van der Waals surface area contributed by atoms with E-state index in [4.69, 9.17) is 21.4 Å². The number of halogens is 1. The van der Waals surface area contributed by atoms with E-state index >= 15 is 0 Å². The molecule has 3 rings (SSSR count). The first-order valence-electron chi connectivity index (χ1n) is 7.39. The van der Waals surface area contributed by atoms with Gasteiger partial charge in [0.1, 0.15) is 24.0 Å². The van der Waals surface area contributed by atoms with Crippen LogP contribution in [0.2, 0.25) is 5.02 Å². The largest absolute Gasteiger partial charge is 0.489 e. The first-order chi connectivity index (χ1) is 12.1. The van der Waals surface area contributed by atoms with Crippen LogP contribution in [0.3, 0.4) is 0 Å². The number of amides is 1. The van der Waals surface area contributed by atoms with Gasteiger partial charge in [-0.25, -0.2) is 9.50 Å². The maximum Gasteiger partial charge on any atom is 0.261 e. The van der Waals surface area contributed by atoms with Crippen molar-refractivity contribution < 1.29 is 19.7 Å². The van der Waals surface area contributed by atoms with Gasteiger partial charge in [-0.15, -0.1) is 0 Å². The number of aliphatic hydroxyl groups is 2. The number of nitrogens with one attached hydrogen (secondary N) is 1. The fraction of sp³-hybridized carbons (Fsp3) is 0.188. The van der Waals surface area contributed by atoms with Crippen LogP contribution in [-0.4, -0.2) is 50.0 Å². The molecule has 0 aliphatic rings. The number of carbonyl (C=O) groups is 1. The lowest BCUT2D eigenvalue weighted by molar-refractivity contribution is 0.0538. The zero-order valence-electron chi connectivity index (χ0n) is 13.0. The molecule has 1 aromatic carbocycles. The lowest BCUT2D eigenvalue weighted by Crippen LogP contribution is -2.22. The normalized spacial score (nSPS) is 12.1. The minimum atomic E-state index is -1.02. The Morgan fingerprint density at radius 3 is 3.08 bits per heavy atom. The zero-order valence-corrected chi connectivity index (χ0v) is 13.7. The molecule has 9 heteroatoms. The van der Waals surface area contributed by atoms with E-state index in [9.17, 15) is 9.90 Å². The van der Waals surface area contributed by atoms with E-state index in [1.54, 1.807) is 30.6 Å². The number of benzene rings is 1. The molecule has 2 aromatic heterocycles. The maximum absolute atomic E-state index is 12.6. The molecule has 25 heavy (non-hydrogen) atoms. The highest BCUT2D eigenvalue weighted by molar-refractivity contribution is 6.31. The Morgan fingerprint density at radius 2 is 2.28 bits per heavy atom. The van der Waals surface area contributed by atoms with Crippen LogP contribution in [0, 0.1) is 0 Å². The van der Waals surface area contributed by atoms with Crippen LogP contribution in [0.25, 0.3) is 5.65 Å². The van der Waals surface area contributed by atoms with Crippen molar-refractivity contribution in [3.63, 3.8) is 0 Å². The van der Waals surface area contributed by atoms with Gasteiger partial charge in [-0.05, 0) is 24.3 Å². The highest BCUT2D eigenvalue weighted by Crippen LogP contribution is 2.29. The summed E-state index contributed by atoms with van der Waals surface area (Å²) in [5.74, 6) is -0.113. The second kappa shape index (κ2) is 7.47. The van der Waals surface area contributed by atoms with Crippen molar-refractivity contribution in [1.82, 2.24) is 14.6 Å². The minimum absolute atomic E-state index is 0.126. The van der Waals surface area contributed by atoms with E-state index in [0.717, 1.165) is 0 Å². The molecule has 0 bridgehead atoms. The second-order valence-electron chi connectivity index (χ2n) is 5.19. The molecule has 3 aromatic rings. The summed E-state index contributed by atoms with van der Waals surface area (Å²) in [4.78, 5) is 16.7. The average molecular weight is 363 g/mol. The van der Waals surface area contributed by atoms with Crippen LogP contribution in [0.4, 0.5) is 5.69 Å². The molecule has 130 valence electrons. The first-order valence-corrected chi connectivity index (χ1v) is 7.77. The monoisotopic (exact) mass is 362 g/mol. The molecule has 1 amide bonds. The third kappa shape index (κ3) is 3.87. The molecule has 0 spiro atoms. The van der Waals surface area contributed by atoms with Gasteiger partial charge in [0.25, 0.3) is 5.91 Å². The lowest BCUT2D eigenvalue weighted by Gasteiger charge is -2.14. The van der Waals surface area contributed by atoms with Crippen molar-refractivity contribution in [3.8, 4) is 5.75 Å². The van der Waals surface area contributed by atoms with Crippen LogP contribution in [0.1, 0.15) is 10.4 Å². The van der Waals surface area contributed by atoms with Gasteiger partial charge < -0.3 is 20.3 Å². The topological polar surface area (TPSA) is 109 Å². The van der Waals surface area contributed by atoms with Crippen molar-refractivity contribution in [2.75, 3.05) is 18.5 Å². The molecule has 0 saturated heterocycles. The number of anilines is 1. The van der Waals surface area contributed by atoms with Gasteiger partial charge in [-0.1, -0.05) is 11.6 Å². The Hall–Kier alpha value is -2.68. The van der Waals surface area contributed by atoms with E-state index in [1.165, 1.54) is 16.8 Å². The second-order valence-corrected chi connectivity index (χ2v) is 5.62. The molecule has 0 radical (unpaired) electrons. The van der Waals surface area contributed by atoms with Gasteiger partial charge in [0, 0.05) is 17.4 Å². The van der Waals surface area contributed by atoms with Crippen molar-refractivity contribution in [3.05, 3.63) is 53.4 Å². The van der Waals surface area contributed by atoms with Crippen LogP contribution >= 0.6 is 11.6 Å². The predicted octanol–water partition coefficient (Wildman–Crippen LogP) is 1.37. The summed E-state index contributed by atoms with van der Waals surface area (Å²) in [5, 5.41) is 25.4.